The van der Waals surface area contributed by atoms with Gasteiger partial charge in [-0.15, -0.1) is 0 Å². The predicted octanol–water partition coefficient (Wildman–Crippen LogP) is 3.35. The molecule has 0 radical (unpaired) electrons. The van der Waals surface area contributed by atoms with E-state index in [2.05, 4.69) is 10.7 Å². The number of nitrogens with one attached hydrogen (secondary N) is 2. The summed E-state index contributed by atoms with van der Waals surface area (Å²) >= 11 is 0. The molecule has 1 saturated heterocycles. The van der Waals surface area contributed by atoms with Gasteiger partial charge in [0.25, 0.3) is 0 Å². The topological polar surface area (TPSA) is 47.6 Å². The molecule has 27 heavy (non-hydrogen) atoms. The van der Waals surface area contributed by atoms with Crippen molar-refractivity contribution in [1.82, 2.24) is 5.01 Å². The Labute approximate surface area is 154 Å². The lowest BCUT2D eigenvalue weighted by atomic mass is 10.1. The summed E-state index contributed by atoms with van der Waals surface area (Å²) in [7, 11) is 0. The maximum atomic E-state index is 12.9. The lowest BCUT2D eigenvalue weighted by Crippen LogP contribution is -2.48. The Kier molecular flexibility index (Phi) is 4.43. The maximum Gasteiger partial charge on any atom is 0.416 e. The van der Waals surface area contributed by atoms with Gasteiger partial charge in [-0.05, 0) is 42.0 Å². The molecular formula is C19H19F3N4O. The lowest BCUT2D eigenvalue weighted by molar-refractivity contribution is -0.137. The number of anilines is 3. The van der Waals surface area contributed by atoms with E-state index in [0.717, 1.165) is 23.0 Å². The van der Waals surface area contributed by atoms with Gasteiger partial charge in [-0.3, -0.25) is 4.79 Å². The molecule has 142 valence electrons. The smallest absolute Gasteiger partial charge is 0.369 e. The quantitative estimate of drug-likeness (QED) is 0.863. The van der Waals surface area contributed by atoms with Crippen LogP contribution in [0.4, 0.5) is 30.2 Å². The minimum absolute atomic E-state index is 0.00292. The fourth-order valence-corrected chi connectivity index (χ4v) is 3.44. The number of hydrogen-bond acceptors (Lipinski definition) is 4. The zero-order chi connectivity index (χ0) is 19.0. The predicted molar refractivity (Wildman–Crippen MR) is 97.6 cm³/mol. The highest BCUT2D eigenvalue weighted by molar-refractivity contribution is 5.99. The van der Waals surface area contributed by atoms with Crippen LogP contribution < -0.4 is 15.6 Å². The Balaban J connectivity index is 1.37. The molecule has 1 amide bonds. The largest absolute Gasteiger partial charge is 0.416 e. The molecule has 2 heterocycles. The van der Waals surface area contributed by atoms with Crippen molar-refractivity contribution in [3.05, 3.63) is 53.6 Å². The van der Waals surface area contributed by atoms with Crippen LogP contribution in [0.2, 0.25) is 0 Å². The fourth-order valence-electron chi connectivity index (χ4n) is 3.44. The second kappa shape index (κ2) is 6.77. The minimum Gasteiger partial charge on any atom is -0.369 e. The molecule has 0 aromatic heterocycles. The second-order valence-electron chi connectivity index (χ2n) is 6.73. The van der Waals surface area contributed by atoms with Crippen LogP contribution in [0.1, 0.15) is 11.1 Å². The molecule has 2 aromatic carbocycles. The summed E-state index contributed by atoms with van der Waals surface area (Å²) in [6, 6.07) is 11.2. The third kappa shape index (κ3) is 3.85. The number of hydrogen-bond donors (Lipinski definition) is 2. The average Bonchev–Trinajstić information content (AvgIpc) is 3.01. The summed E-state index contributed by atoms with van der Waals surface area (Å²) < 4.78 is 38.7. The highest BCUT2D eigenvalue weighted by atomic mass is 19.4. The lowest BCUT2D eigenvalue weighted by Gasteiger charge is -2.36. The zero-order valence-corrected chi connectivity index (χ0v) is 14.5. The first-order chi connectivity index (χ1) is 12.9. The van der Waals surface area contributed by atoms with Gasteiger partial charge in [0.15, 0.2) is 0 Å². The molecule has 4 rings (SSSR count). The van der Waals surface area contributed by atoms with Gasteiger partial charge in [0, 0.05) is 43.2 Å². The van der Waals surface area contributed by atoms with Crippen molar-refractivity contribution >= 4 is 23.0 Å². The van der Waals surface area contributed by atoms with Gasteiger partial charge in [-0.2, -0.15) is 13.2 Å². The number of benzene rings is 2. The third-order valence-corrected chi connectivity index (χ3v) is 4.84. The first kappa shape index (κ1) is 17.7. The van der Waals surface area contributed by atoms with Gasteiger partial charge < -0.3 is 15.6 Å². The van der Waals surface area contributed by atoms with Crippen LogP contribution >= 0.6 is 0 Å². The normalized spacial score (nSPS) is 17.6. The molecule has 0 atom stereocenters. The summed E-state index contributed by atoms with van der Waals surface area (Å²) in [6.45, 7) is 2.59. The highest BCUT2D eigenvalue weighted by Crippen LogP contribution is 2.32. The van der Waals surface area contributed by atoms with Crippen molar-refractivity contribution in [3.8, 4) is 0 Å². The third-order valence-electron chi connectivity index (χ3n) is 4.84. The molecule has 1 fully saturated rings. The van der Waals surface area contributed by atoms with Gasteiger partial charge in [0.1, 0.15) is 0 Å². The Morgan fingerprint density at radius 2 is 1.78 bits per heavy atom. The second-order valence-corrected chi connectivity index (χ2v) is 6.73. The van der Waals surface area contributed by atoms with Gasteiger partial charge in [0.2, 0.25) is 5.91 Å². The number of piperazine rings is 1. The number of nitrogens with zero attached hydrogens (tertiary/aromatic N) is 2. The molecule has 0 spiro atoms. The SMILES string of the molecule is O=C1Cc2cc(NN3CCN(c4cccc(C(F)(F)F)c4)CC3)ccc2N1. The van der Waals surface area contributed by atoms with Crippen LogP contribution in [-0.2, 0) is 17.4 Å². The monoisotopic (exact) mass is 376 g/mol. The number of amides is 1. The molecule has 0 bridgehead atoms. The van der Waals surface area contributed by atoms with Crippen molar-refractivity contribution in [1.29, 1.82) is 0 Å². The molecular weight excluding hydrogens is 357 g/mol. The highest BCUT2D eigenvalue weighted by Gasteiger charge is 2.31. The summed E-state index contributed by atoms with van der Waals surface area (Å²) in [4.78, 5) is 13.4. The number of carbonyl (C=O) groups is 1. The number of alkyl halides is 3. The van der Waals surface area contributed by atoms with E-state index in [1.165, 1.54) is 12.1 Å². The Bertz CT molecular complexity index is 860. The standard InChI is InChI=1S/C19H19F3N4O/c20-19(21,22)14-2-1-3-16(12-14)25-6-8-26(9-7-25)24-15-4-5-17-13(10-15)11-18(27)23-17/h1-5,10,12,24H,6-9,11H2,(H,23,27). The van der Waals surface area contributed by atoms with Crippen LogP contribution in [0.15, 0.2) is 42.5 Å². The van der Waals surface area contributed by atoms with E-state index in [4.69, 9.17) is 0 Å². The van der Waals surface area contributed by atoms with Gasteiger partial charge >= 0.3 is 6.18 Å². The van der Waals surface area contributed by atoms with Gasteiger partial charge in [-0.25, -0.2) is 5.01 Å². The van der Waals surface area contributed by atoms with Gasteiger partial charge in [-0.1, -0.05) is 6.07 Å². The van der Waals surface area contributed by atoms with Crippen molar-refractivity contribution in [2.45, 2.75) is 12.6 Å². The first-order valence-electron chi connectivity index (χ1n) is 8.75. The molecule has 0 saturated carbocycles. The van der Waals surface area contributed by atoms with E-state index >= 15 is 0 Å². The summed E-state index contributed by atoms with van der Waals surface area (Å²) in [6.07, 6.45) is -3.95. The molecule has 0 aliphatic carbocycles. The number of halogens is 3. The van der Waals surface area contributed by atoms with Crippen LogP contribution in [0.5, 0.6) is 0 Å². The molecule has 2 N–H and O–H groups in total. The van der Waals surface area contributed by atoms with Crippen LogP contribution in [0.3, 0.4) is 0 Å². The Hall–Kier alpha value is -2.74. The van der Waals surface area contributed by atoms with Crippen molar-refractivity contribution in [2.24, 2.45) is 0 Å². The first-order valence-corrected chi connectivity index (χ1v) is 8.75. The molecule has 2 aliphatic heterocycles. The van der Waals surface area contributed by atoms with E-state index < -0.39 is 11.7 Å². The molecule has 2 aliphatic rings. The molecule has 0 unspecified atom stereocenters. The fraction of sp³-hybridized carbons (Fsp3) is 0.316. The van der Waals surface area contributed by atoms with Crippen molar-refractivity contribution < 1.29 is 18.0 Å². The molecule has 5 nitrogen and oxygen atoms in total. The minimum atomic E-state index is -4.33. The van der Waals surface area contributed by atoms with Crippen LogP contribution in [0, 0.1) is 0 Å². The van der Waals surface area contributed by atoms with Crippen molar-refractivity contribution in [3.63, 3.8) is 0 Å². The summed E-state index contributed by atoms with van der Waals surface area (Å²) in [5.74, 6) is -0.00292. The van der Waals surface area contributed by atoms with E-state index in [1.807, 2.05) is 28.1 Å². The summed E-state index contributed by atoms with van der Waals surface area (Å²) in [5.41, 5.74) is 6.00. The summed E-state index contributed by atoms with van der Waals surface area (Å²) in [5, 5.41) is 4.84. The van der Waals surface area contributed by atoms with E-state index in [1.54, 1.807) is 6.07 Å². The molecule has 2 aromatic rings. The Morgan fingerprint density at radius 3 is 2.52 bits per heavy atom. The number of carbonyl (C=O) groups excluding carboxylic acids is 1. The van der Waals surface area contributed by atoms with E-state index in [0.29, 0.717) is 38.3 Å². The number of fused-ring (bicyclic) bond motifs is 1. The Morgan fingerprint density at radius 1 is 1.00 bits per heavy atom. The molecule has 8 heteroatoms. The van der Waals surface area contributed by atoms with E-state index in [-0.39, 0.29) is 5.91 Å². The maximum absolute atomic E-state index is 12.9. The van der Waals surface area contributed by atoms with Crippen molar-refractivity contribution in [2.75, 3.05) is 41.8 Å². The zero-order valence-electron chi connectivity index (χ0n) is 14.5. The number of hydrazine groups is 1. The average molecular weight is 376 g/mol. The van der Waals surface area contributed by atoms with Crippen LogP contribution in [0.25, 0.3) is 0 Å². The number of rotatable bonds is 3. The van der Waals surface area contributed by atoms with E-state index in [9.17, 15) is 18.0 Å². The van der Waals surface area contributed by atoms with Crippen LogP contribution in [-0.4, -0.2) is 37.1 Å². The van der Waals surface area contributed by atoms with Gasteiger partial charge in [0.05, 0.1) is 12.0 Å².